The van der Waals surface area contributed by atoms with Gasteiger partial charge in [0, 0.05) is 24.9 Å². The van der Waals surface area contributed by atoms with Gasteiger partial charge < -0.3 is 14.7 Å². The zero-order valence-corrected chi connectivity index (χ0v) is 9.10. The highest BCUT2D eigenvalue weighted by molar-refractivity contribution is 5.70. The van der Waals surface area contributed by atoms with Crippen LogP contribution in [-0.4, -0.2) is 40.8 Å². The summed E-state index contributed by atoms with van der Waals surface area (Å²) in [6, 6.07) is 0.0546. The molecule has 1 N–H and O–H groups in total. The Morgan fingerprint density at radius 3 is 2.87 bits per heavy atom. The summed E-state index contributed by atoms with van der Waals surface area (Å²) < 4.78 is 4.93. The number of aliphatic carboxylic acids is 1. The second-order valence-corrected chi connectivity index (χ2v) is 3.99. The molecule has 1 atom stereocenters. The standard InChI is InChI=1S/C10H17NO4/c1-7(2)11-8(3-4-9(12)13)5-6-15-10(11)14/h7-8H,3-6H2,1-2H3,(H,12,13). The van der Waals surface area contributed by atoms with Gasteiger partial charge in [-0.15, -0.1) is 0 Å². The van der Waals surface area contributed by atoms with Crippen LogP contribution in [0.15, 0.2) is 0 Å². The third-order valence-corrected chi connectivity index (χ3v) is 2.53. The third kappa shape index (κ3) is 3.11. The molecule has 1 aliphatic rings. The number of amides is 1. The fourth-order valence-electron chi connectivity index (χ4n) is 1.85. The molecule has 0 aromatic rings. The van der Waals surface area contributed by atoms with Crippen LogP contribution < -0.4 is 0 Å². The van der Waals surface area contributed by atoms with Gasteiger partial charge in [0.05, 0.1) is 6.61 Å². The van der Waals surface area contributed by atoms with E-state index in [2.05, 4.69) is 0 Å². The quantitative estimate of drug-likeness (QED) is 0.771. The second kappa shape index (κ2) is 5.00. The van der Waals surface area contributed by atoms with Gasteiger partial charge in [-0.2, -0.15) is 0 Å². The van der Waals surface area contributed by atoms with Gasteiger partial charge in [0.2, 0.25) is 0 Å². The van der Waals surface area contributed by atoms with Crippen LogP contribution in [0.3, 0.4) is 0 Å². The summed E-state index contributed by atoms with van der Waals surface area (Å²) in [6.07, 6.45) is 0.993. The van der Waals surface area contributed by atoms with E-state index in [4.69, 9.17) is 9.84 Å². The molecule has 1 amide bonds. The Labute approximate surface area is 89.0 Å². The number of carbonyl (C=O) groups excluding carboxylic acids is 1. The normalized spacial score (nSPS) is 21.7. The third-order valence-electron chi connectivity index (χ3n) is 2.53. The van der Waals surface area contributed by atoms with E-state index in [9.17, 15) is 9.59 Å². The SMILES string of the molecule is CC(C)N1C(=O)OCCC1CCC(=O)O. The number of carbonyl (C=O) groups is 2. The Morgan fingerprint density at radius 2 is 2.33 bits per heavy atom. The van der Waals surface area contributed by atoms with Crippen molar-refractivity contribution in [2.75, 3.05) is 6.61 Å². The van der Waals surface area contributed by atoms with Crippen LogP contribution in [0.1, 0.15) is 33.1 Å². The number of nitrogens with zero attached hydrogens (tertiary/aromatic N) is 1. The molecule has 1 fully saturated rings. The summed E-state index contributed by atoms with van der Waals surface area (Å²) in [5.41, 5.74) is 0. The predicted molar refractivity (Wildman–Crippen MR) is 53.6 cm³/mol. The molecular formula is C10H17NO4. The molecule has 0 saturated carbocycles. The largest absolute Gasteiger partial charge is 0.481 e. The van der Waals surface area contributed by atoms with Crippen LogP contribution in [0.4, 0.5) is 4.79 Å². The molecule has 1 aliphatic heterocycles. The first-order valence-corrected chi connectivity index (χ1v) is 5.19. The van der Waals surface area contributed by atoms with E-state index in [-0.39, 0.29) is 24.6 Å². The lowest BCUT2D eigenvalue weighted by atomic mass is 10.0. The van der Waals surface area contributed by atoms with Crippen molar-refractivity contribution >= 4 is 12.1 Å². The Balaban J connectivity index is 2.58. The molecule has 0 spiro atoms. The van der Waals surface area contributed by atoms with Gasteiger partial charge in [-0.3, -0.25) is 4.79 Å². The number of rotatable bonds is 4. The van der Waals surface area contributed by atoms with Gasteiger partial charge in [-0.25, -0.2) is 4.79 Å². The van der Waals surface area contributed by atoms with E-state index < -0.39 is 5.97 Å². The lowest BCUT2D eigenvalue weighted by Crippen LogP contribution is -2.49. The molecule has 15 heavy (non-hydrogen) atoms. The number of carboxylic acids is 1. The van der Waals surface area contributed by atoms with Crippen molar-refractivity contribution in [3.8, 4) is 0 Å². The second-order valence-electron chi connectivity index (χ2n) is 3.99. The Hall–Kier alpha value is -1.26. The molecule has 0 radical (unpaired) electrons. The molecule has 86 valence electrons. The Bertz CT molecular complexity index is 252. The van der Waals surface area contributed by atoms with Crippen LogP contribution >= 0.6 is 0 Å². The Morgan fingerprint density at radius 1 is 1.67 bits per heavy atom. The minimum absolute atomic E-state index is 0.00218. The fourth-order valence-corrected chi connectivity index (χ4v) is 1.85. The lowest BCUT2D eigenvalue weighted by molar-refractivity contribution is -0.137. The number of cyclic esters (lactones) is 1. The van der Waals surface area contributed by atoms with Crippen molar-refractivity contribution in [2.24, 2.45) is 0 Å². The summed E-state index contributed by atoms with van der Waals surface area (Å²) in [6.45, 7) is 4.20. The van der Waals surface area contributed by atoms with Gasteiger partial charge in [0.25, 0.3) is 0 Å². The average molecular weight is 215 g/mol. The zero-order chi connectivity index (χ0) is 11.4. The number of hydrogen-bond acceptors (Lipinski definition) is 3. The smallest absolute Gasteiger partial charge is 0.410 e. The van der Waals surface area contributed by atoms with Crippen LogP contribution in [0.25, 0.3) is 0 Å². The molecule has 0 aromatic carbocycles. The Kier molecular flexibility index (Phi) is 3.94. The van der Waals surface area contributed by atoms with Gasteiger partial charge in [-0.1, -0.05) is 0 Å². The first-order chi connectivity index (χ1) is 7.02. The summed E-state index contributed by atoms with van der Waals surface area (Å²) in [5.74, 6) is -0.822. The van der Waals surface area contributed by atoms with E-state index in [1.807, 2.05) is 13.8 Å². The molecule has 1 heterocycles. The number of hydrogen-bond donors (Lipinski definition) is 1. The minimum atomic E-state index is -0.822. The highest BCUT2D eigenvalue weighted by atomic mass is 16.6. The summed E-state index contributed by atoms with van der Waals surface area (Å²) in [5, 5.41) is 8.60. The van der Waals surface area contributed by atoms with Crippen molar-refractivity contribution in [2.45, 2.75) is 45.2 Å². The molecule has 0 aliphatic carbocycles. The van der Waals surface area contributed by atoms with E-state index >= 15 is 0 Å². The van der Waals surface area contributed by atoms with Crippen molar-refractivity contribution in [1.82, 2.24) is 4.90 Å². The molecule has 5 nitrogen and oxygen atoms in total. The molecular weight excluding hydrogens is 198 g/mol. The van der Waals surface area contributed by atoms with Crippen LogP contribution in [0.5, 0.6) is 0 Å². The molecule has 1 rings (SSSR count). The maximum absolute atomic E-state index is 11.4. The molecule has 5 heteroatoms. The summed E-state index contributed by atoms with van der Waals surface area (Å²) >= 11 is 0. The van der Waals surface area contributed by atoms with Gasteiger partial charge in [-0.05, 0) is 20.3 Å². The molecule has 1 unspecified atom stereocenters. The maximum atomic E-state index is 11.4. The van der Waals surface area contributed by atoms with Crippen molar-refractivity contribution in [3.63, 3.8) is 0 Å². The number of ether oxygens (including phenoxy) is 1. The monoisotopic (exact) mass is 215 g/mol. The first kappa shape index (κ1) is 11.8. The predicted octanol–water partition coefficient (Wildman–Crippen LogP) is 1.47. The van der Waals surface area contributed by atoms with Gasteiger partial charge in [0.1, 0.15) is 0 Å². The van der Waals surface area contributed by atoms with Gasteiger partial charge in [0.15, 0.2) is 0 Å². The summed E-state index contributed by atoms with van der Waals surface area (Å²) in [4.78, 5) is 23.5. The average Bonchev–Trinajstić information content (AvgIpc) is 2.13. The van der Waals surface area contributed by atoms with Crippen LogP contribution in [0, 0.1) is 0 Å². The topological polar surface area (TPSA) is 66.8 Å². The molecule has 0 aromatic heterocycles. The van der Waals surface area contributed by atoms with Crippen molar-refractivity contribution < 1.29 is 19.4 Å². The van der Waals surface area contributed by atoms with E-state index in [0.717, 1.165) is 6.42 Å². The van der Waals surface area contributed by atoms with E-state index in [0.29, 0.717) is 13.0 Å². The van der Waals surface area contributed by atoms with Crippen molar-refractivity contribution in [1.29, 1.82) is 0 Å². The van der Waals surface area contributed by atoms with Crippen LogP contribution in [0.2, 0.25) is 0 Å². The van der Waals surface area contributed by atoms with Crippen LogP contribution in [-0.2, 0) is 9.53 Å². The van der Waals surface area contributed by atoms with Gasteiger partial charge >= 0.3 is 12.1 Å². The van der Waals surface area contributed by atoms with E-state index in [1.165, 1.54) is 0 Å². The molecule has 1 saturated heterocycles. The maximum Gasteiger partial charge on any atom is 0.410 e. The number of carboxylic acid groups (broad SMARTS) is 1. The highest BCUT2D eigenvalue weighted by Gasteiger charge is 2.31. The highest BCUT2D eigenvalue weighted by Crippen LogP contribution is 2.20. The van der Waals surface area contributed by atoms with Crippen molar-refractivity contribution in [3.05, 3.63) is 0 Å². The summed E-state index contributed by atoms with van der Waals surface area (Å²) in [7, 11) is 0. The first-order valence-electron chi connectivity index (χ1n) is 5.19. The fraction of sp³-hybridized carbons (Fsp3) is 0.800. The zero-order valence-electron chi connectivity index (χ0n) is 9.10. The lowest BCUT2D eigenvalue weighted by Gasteiger charge is -2.37. The molecule has 0 bridgehead atoms. The van der Waals surface area contributed by atoms with E-state index in [1.54, 1.807) is 4.90 Å². The minimum Gasteiger partial charge on any atom is -0.481 e.